The van der Waals surface area contributed by atoms with Crippen molar-refractivity contribution in [1.29, 1.82) is 0 Å². The van der Waals surface area contributed by atoms with Crippen molar-refractivity contribution in [2.24, 2.45) is 10.2 Å². The van der Waals surface area contributed by atoms with E-state index in [0.717, 1.165) is 11.4 Å². The molecule has 3 aromatic rings. The Balaban J connectivity index is 0.00000243. The Bertz CT molecular complexity index is 974. The molecule has 3 rings (SSSR count). The maximum atomic E-state index is 10.9. The van der Waals surface area contributed by atoms with Crippen LogP contribution in [0.4, 0.5) is 22.7 Å². The Morgan fingerprint density at radius 1 is 0.692 bits per heavy atom. The molecule has 1 N–H and O–H groups in total. The van der Waals surface area contributed by atoms with Crippen LogP contribution >= 0.6 is 0 Å². The normalized spacial score (nSPS) is 11.1. The van der Waals surface area contributed by atoms with Crippen LogP contribution in [-0.2, 0) is 10.1 Å². The third-order valence-corrected chi connectivity index (χ3v) is 4.19. The first-order valence-corrected chi connectivity index (χ1v) is 8.81. The summed E-state index contributed by atoms with van der Waals surface area (Å²) in [6.07, 6.45) is 0. The van der Waals surface area contributed by atoms with Crippen molar-refractivity contribution >= 4 is 32.9 Å². The molecule has 0 radical (unpaired) electrons. The standard InChI is InChI=1S/C18H15N3O3S.Na/c22-25(23,24)18-12-10-17(11-13-18)21-20-16-8-6-15(7-9-16)19-14-4-2-1-3-5-14;/h1-13,19H,(H,22,23,24);/q;+1/p-1/b21-20+;. The van der Waals surface area contributed by atoms with Gasteiger partial charge in [-0.15, -0.1) is 0 Å². The van der Waals surface area contributed by atoms with Gasteiger partial charge in [0.25, 0.3) is 0 Å². The molecule has 0 atom stereocenters. The number of benzene rings is 3. The van der Waals surface area contributed by atoms with Gasteiger partial charge in [-0.3, -0.25) is 0 Å². The summed E-state index contributed by atoms with van der Waals surface area (Å²) < 4.78 is 32.6. The molecule has 0 heterocycles. The van der Waals surface area contributed by atoms with Gasteiger partial charge < -0.3 is 9.87 Å². The van der Waals surface area contributed by atoms with E-state index >= 15 is 0 Å². The third-order valence-electron chi connectivity index (χ3n) is 3.34. The average Bonchev–Trinajstić information content (AvgIpc) is 2.62. The maximum absolute atomic E-state index is 10.9. The molecular weight excluding hydrogens is 361 g/mol. The third kappa shape index (κ3) is 5.76. The smallest absolute Gasteiger partial charge is 0.744 e. The minimum Gasteiger partial charge on any atom is -0.744 e. The fourth-order valence-corrected chi connectivity index (χ4v) is 2.56. The molecule has 0 fully saturated rings. The van der Waals surface area contributed by atoms with E-state index < -0.39 is 10.1 Å². The van der Waals surface area contributed by atoms with Gasteiger partial charge in [-0.25, -0.2) is 8.42 Å². The SMILES string of the molecule is O=S(=O)([O-])c1ccc(/N=N/c2ccc(Nc3ccccc3)cc2)cc1.[Na+]. The molecule has 126 valence electrons. The molecule has 6 nitrogen and oxygen atoms in total. The molecule has 26 heavy (non-hydrogen) atoms. The van der Waals surface area contributed by atoms with Crippen LogP contribution in [0.25, 0.3) is 0 Å². The van der Waals surface area contributed by atoms with E-state index in [0.29, 0.717) is 11.4 Å². The van der Waals surface area contributed by atoms with Gasteiger partial charge in [-0.1, -0.05) is 18.2 Å². The molecule has 8 heteroatoms. The Morgan fingerprint density at radius 3 is 1.65 bits per heavy atom. The van der Waals surface area contributed by atoms with Gasteiger partial charge in [0, 0.05) is 11.4 Å². The molecule has 0 aliphatic heterocycles. The number of azo groups is 1. The number of para-hydroxylation sites is 1. The molecule has 0 bridgehead atoms. The summed E-state index contributed by atoms with van der Waals surface area (Å²) in [5, 5.41) is 11.4. The van der Waals surface area contributed by atoms with Crippen molar-refractivity contribution in [3.8, 4) is 0 Å². The molecule has 0 saturated carbocycles. The second-order valence-electron chi connectivity index (χ2n) is 5.19. The second-order valence-corrected chi connectivity index (χ2v) is 6.57. The van der Waals surface area contributed by atoms with E-state index in [1.165, 1.54) is 24.3 Å². The maximum Gasteiger partial charge on any atom is 1.00 e. The fourth-order valence-electron chi connectivity index (χ4n) is 2.09. The average molecular weight is 375 g/mol. The first-order chi connectivity index (χ1) is 12.0. The summed E-state index contributed by atoms with van der Waals surface area (Å²) in [5.41, 5.74) is 3.03. The topological polar surface area (TPSA) is 94.0 Å². The summed E-state index contributed by atoms with van der Waals surface area (Å²) in [5.74, 6) is 0. The molecular formula is C18H14N3NaO3S. The quantitative estimate of drug-likeness (QED) is 0.418. The van der Waals surface area contributed by atoms with E-state index in [2.05, 4.69) is 15.5 Å². The fraction of sp³-hybridized carbons (Fsp3) is 0. The Morgan fingerprint density at radius 2 is 1.15 bits per heavy atom. The summed E-state index contributed by atoms with van der Waals surface area (Å²) in [7, 11) is -4.45. The van der Waals surface area contributed by atoms with Crippen molar-refractivity contribution in [2.75, 3.05) is 5.32 Å². The van der Waals surface area contributed by atoms with Crippen LogP contribution < -0.4 is 34.9 Å². The van der Waals surface area contributed by atoms with Crippen molar-refractivity contribution in [3.05, 3.63) is 78.9 Å². The number of nitrogens with one attached hydrogen (secondary N) is 1. The van der Waals surface area contributed by atoms with Crippen LogP contribution in [0.5, 0.6) is 0 Å². The Hall–Kier alpha value is -2.03. The van der Waals surface area contributed by atoms with E-state index in [-0.39, 0.29) is 34.5 Å². The number of anilines is 2. The molecule has 0 aromatic heterocycles. The number of hydrogen-bond acceptors (Lipinski definition) is 6. The minimum absolute atomic E-state index is 0. The minimum atomic E-state index is -4.45. The van der Waals surface area contributed by atoms with Crippen molar-refractivity contribution < 1.29 is 42.5 Å². The second kappa shape index (κ2) is 9.07. The molecule has 0 spiro atoms. The van der Waals surface area contributed by atoms with Crippen molar-refractivity contribution in [2.45, 2.75) is 4.90 Å². The van der Waals surface area contributed by atoms with Crippen LogP contribution in [0.1, 0.15) is 0 Å². The van der Waals surface area contributed by atoms with Gasteiger partial charge in [0.2, 0.25) is 0 Å². The zero-order valence-corrected chi connectivity index (χ0v) is 16.8. The van der Waals surface area contributed by atoms with Gasteiger partial charge in [-0.05, 0) is 60.7 Å². The number of rotatable bonds is 5. The van der Waals surface area contributed by atoms with Crippen LogP contribution in [0.15, 0.2) is 94.0 Å². The Kier molecular flexibility index (Phi) is 7.07. The predicted molar refractivity (Wildman–Crippen MR) is 94.7 cm³/mol. The number of nitrogens with zero attached hydrogens (tertiary/aromatic N) is 2. The van der Waals surface area contributed by atoms with Gasteiger partial charge in [-0.2, -0.15) is 10.2 Å². The van der Waals surface area contributed by atoms with Gasteiger partial charge in [0.05, 0.1) is 16.3 Å². The van der Waals surface area contributed by atoms with E-state index in [1.54, 1.807) is 0 Å². The van der Waals surface area contributed by atoms with Crippen molar-refractivity contribution in [1.82, 2.24) is 0 Å². The monoisotopic (exact) mass is 375 g/mol. The molecule has 3 aromatic carbocycles. The van der Waals surface area contributed by atoms with E-state index in [1.807, 2.05) is 54.6 Å². The predicted octanol–water partition coefficient (Wildman–Crippen LogP) is 1.75. The summed E-state index contributed by atoms with van der Waals surface area (Å²) >= 11 is 0. The largest absolute Gasteiger partial charge is 1.00 e. The van der Waals surface area contributed by atoms with Gasteiger partial charge in [0.15, 0.2) is 0 Å². The molecule has 0 aliphatic carbocycles. The van der Waals surface area contributed by atoms with E-state index in [9.17, 15) is 13.0 Å². The van der Waals surface area contributed by atoms with Crippen LogP contribution in [-0.4, -0.2) is 13.0 Å². The van der Waals surface area contributed by atoms with Gasteiger partial charge in [0.1, 0.15) is 10.1 Å². The zero-order chi connectivity index (χ0) is 17.7. The summed E-state index contributed by atoms with van der Waals surface area (Å²) in [4.78, 5) is -0.289. The Labute approximate surface area is 174 Å². The molecule has 0 unspecified atom stereocenters. The van der Waals surface area contributed by atoms with Crippen LogP contribution in [0, 0.1) is 0 Å². The molecule has 0 saturated heterocycles. The van der Waals surface area contributed by atoms with Crippen molar-refractivity contribution in [3.63, 3.8) is 0 Å². The summed E-state index contributed by atoms with van der Waals surface area (Å²) in [6.45, 7) is 0. The summed E-state index contributed by atoms with van der Waals surface area (Å²) in [6, 6.07) is 22.5. The van der Waals surface area contributed by atoms with Crippen LogP contribution in [0.3, 0.4) is 0 Å². The van der Waals surface area contributed by atoms with E-state index in [4.69, 9.17) is 0 Å². The molecule has 0 amide bonds. The van der Waals surface area contributed by atoms with Crippen LogP contribution in [0.2, 0.25) is 0 Å². The van der Waals surface area contributed by atoms with Gasteiger partial charge >= 0.3 is 29.6 Å². The first kappa shape index (κ1) is 20.3. The zero-order valence-electron chi connectivity index (χ0n) is 14.0. The number of hydrogen-bond donors (Lipinski definition) is 1. The first-order valence-electron chi connectivity index (χ1n) is 7.40. The molecule has 0 aliphatic rings.